The van der Waals surface area contributed by atoms with Crippen molar-refractivity contribution in [3.05, 3.63) is 57.1 Å². The minimum Gasteiger partial charge on any atom is -0.356 e. The van der Waals surface area contributed by atoms with E-state index in [1.807, 2.05) is 11.5 Å². The summed E-state index contributed by atoms with van der Waals surface area (Å²) < 4.78 is 20.8. The Morgan fingerprint density at radius 3 is 2.97 bits per heavy atom. The molecule has 1 saturated heterocycles. The number of aromatic nitrogens is 3. The van der Waals surface area contributed by atoms with Crippen molar-refractivity contribution in [3.8, 4) is 0 Å². The first-order valence-corrected chi connectivity index (χ1v) is 11.0. The number of halogens is 1. The molecule has 6 nitrogen and oxygen atoms in total. The van der Waals surface area contributed by atoms with Gasteiger partial charge in [0.05, 0.1) is 6.04 Å². The Morgan fingerprint density at radius 2 is 2.07 bits per heavy atom. The second-order valence-electron chi connectivity index (χ2n) is 8.51. The van der Waals surface area contributed by atoms with Crippen molar-refractivity contribution < 1.29 is 8.91 Å². The largest absolute Gasteiger partial charge is 0.356 e. The molecule has 2 aliphatic heterocycles. The summed E-state index contributed by atoms with van der Waals surface area (Å²) in [4.78, 5) is 20.2. The molecule has 4 heterocycles. The zero-order chi connectivity index (χ0) is 20.7. The second kappa shape index (κ2) is 7.95. The third kappa shape index (κ3) is 3.45. The Labute approximate surface area is 174 Å². The summed E-state index contributed by atoms with van der Waals surface area (Å²) in [5.41, 5.74) is 3.19. The Kier molecular flexibility index (Phi) is 5.15. The Morgan fingerprint density at radius 1 is 1.20 bits per heavy atom. The van der Waals surface area contributed by atoms with E-state index in [0.29, 0.717) is 12.0 Å². The molecule has 2 aliphatic rings. The predicted octanol–water partition coefficient (Wildman–Crippen LogP) is 3.94. The van der Waals surface area contributed by atoms with Crippen molar-refractivity contribution >= 4 is 11.0 Å². The maximum atomic E-state index is 13.5. The van der Waals surface area contributed by atoms with Crippen LogP contribution in [0.15, 0.2) is 27.5 Å². The summed E-state index contributed by atoms with van der Waals surface area (Å²) in [5.74, 6) is 0.617. The topological polar surface area (TPSA) is 64.2 Å². The maximum absolute atomic E-state index is 13.5. The maximum Gasteiger partial charge on any atom is 0.256 e. The molecule has 7 heteroatoms. The van der Waals surface area contributed by atoms with Gasteiger partial charge < -0.3 is 4.52 Å². The molecule has 0 amide bonds. The fourth-order valence-electron chi connectivity index (χ4n) is 5.01. The molecule has 1 fully saturated rings. The number of nitrogens with zero attached hydrogens (tertiary/aromatic N) is 4. The summed E-state index contributed by atoms with van der Waals surface area (Å²) in [5, 5.41) is 5.17. The number of likely N-dealkylation sites (tertiary alicyclic amines) is 1. The highest BCUT2D eigenvalue weighted by Crippen LogP contribution is 2.34. The van der Waals surface area contributed by atoms with Crippen molar-refractivity contribution in [1.29, 1.82) is 0 Å². The predicted molar refractivity (Wildman–Crippen MR) is 112 cm³/mol. The molecule has 0 aliphatic carbocycles. The van der Waals surface area contributed by atoms with Crippen molar-refractivity contribution in [2.24, 2.45) is 0 Å². The van der Waals surface area contributed by atoms with Gasteiger partial charge in [0.2, 0.25) is 0 Å². The average molecular weight is 410 g/mol. The molecular weight excluding hydrogens is 383 g/mol. The van der Waals surface area contributed by atoms with E-state index >= 15 is 0 Å². The molecule has 1 unspecified atom stereocenters. The Hall–Kier alpha value is -2.54. The van der Waals surface area contributed by atoms with Crippen LogP contribution in [-0.4, -0.2) is 32.7 Å². The standard InChI is InChI=1S/C23H27FN4O2/c1-15-17(23(29)28-12-5-3-7-21(28)25-15)10-13-27-11-4-2-6-19(27)22-18-9-8-16(24)14-20(18)30-26-22/h8-9,14,19H,2-7,10-13H2,1H3. The van der Waals surface area contributed by atoms with Gasteiger partial charge >= 0.3 is 0 Å². The van der Waals surface area contributed by atoms with Gasteiger partial charge in [-0.05, 0) is 57.7 Å². The third-order valence-corrected chi connectivity index (χ3v) is 6.62. The Bertz CT molecular complexity index is 1140. The number of hydrogen-bond acceptors (Lipinski definition) is 5. The summed E-state index contributed by atoms with van der Waals surface area (Å²) in [7, 11) is 0. The van der Waals surface area contributed by atoms with Gasteiger partial charge in [-0.25, -0.2) is 9.37 Å². The van der Waals surface area contributed by atoms with Crippen LogP contribution in [0, 0.1) is 12.7 Å². The van der Waals surface area contributed by atoms with Crippen LogP contribution >= 0.6 is 0 Å². The van der Waals surface area contributed by atoms with Crippen LogP contribution in [0.25, 0.3) is 11.0 Å². The number of rotatable bonds is 4. The molecule has 1 aromatic carbocycles. The minimum atomic E-state index is -0.318. The van der Waals surface area contributed by atoms with Gasteiger partial charge in [0, 0.05) is 42.2 Å². The highest BCUT2D eigenvalue weighted by Gasteiger charge is 2.29. The molecule has 3 aromatic rings. The van der Waals surface area contributed by atoms with Gasteiger partial charge in [-0.15, -0.1) is 0 Å². The van der Waals surface area contributed by atoms with Gasteiger partial charge in [-0.2, -0.15) is 0 Å². The summed E-state index contributed by atoms with van der Waals surface area (Å²) >= 11 is 0. The molecule has 0 radical (unpaired) electrons. The van der Waals surface area contributed by atoms with E-state index < -0.39 is 0 Å². The molecule has 158 valence electrons. The molecule has 2 aromatic heterocycles. The van der Waals surface area contributed by atoms with E-state index in [1.54, 1.807) is 6.07 Å². The van der Waals surface area contributed by atoms with E-state index in [4.69, 9.17) is 9.51 Å². The number of aryl methyl sites for hydroxylation is 2. The quantitative estimate of drug-likeness (QED) is 0.652. The van der Waals surface area contributed by atoms with E-state index in [2.05, 4.69) is 10.1 Å². The van der Waals surface area contributed by atoms with Gasteiger partial charge in [-0.1, -0.05) is 11.6 Å². The van der Waals surface area contributed by atoms with Crippen LogP contribution in [0.2, 0.25) is 0 Å². The lowest BCUT2D eigenvalue weighted by Crippen LogP contribution is -2.37. The zero-order valence-corrected chi connectivity index (χ0v) is 17.4. The van der Waals surface area contributed by atoms with Crippen molar-refractivity contribution in [2.45, 2.75) is 64.5 Å². The molecule has 5 rings (SSSR count). The van der Waals surface area contributed by atoms with Crippen LogP contribution in [-0.2, 0) is 19.4 Å². The van der Waals surface area contributed by atoms with E-state index in [-0.39, 0.29) is 17.4 Å². The van der Waals surface area contributed by atoms with Gasteiger partial charge in [0.1, 0.15) is 17.3 Å². The van der Waals surface area contributed by atoms with E-state index in [9.17, 15) is 9.18 Å². The van der Waals surface area contributed by atoms with Crippen LogP contribution in [0.4, 0.5) is 4.39 Å². The Balaban J connectivity index is 1.40. The first-order valence-electron chi connectivity index (χ1n) is 11.0. The van der Waals surface area contributed by atoms with Gasteiger partial charge in [0.15, 0.2) is 5.58 Å². The van der Waals surface area contributed by atoms with Crippen molar-refractivity contribution in [1.82, 2.24) is 19.6 Å². The molecule has 0 N–H and O–H groups in total. The fraction of sp³-hybridized carbons (Fsp3) is 0.522. The van der Waals surface area contributed by atoms with Crippen LogP contribution < -0.4 is 5.56 Å². The zero-order valence-electron chi connectivity index (χ0n) is 17.4. The molecular formula is C23H27FN4O2. The number of hydrogen-bond donors (Lipinski definition) is 0. The molecule has 0 saturated carbocycles. The number of fused-ring (bicyclic) bond motifs is 2. The molecule has 0 bridgehead atoms. The smallest absolute Gasteiger partial charge is 0.256 e. The fourth-order valence-corrected chi connectivity index (χ4v) is 5.01. The van der Waals surface area contributed by atoms with E-state index in [1.165, 1.54) is 12.1 Å². The lowest BCUT2D eigenvalue weighted by atomic mass is 9.96. The number of piperidine rings is 1. The third-order valence-electron chi connectivity index (χ3n) is 6.62. The SMILES string of the molecule is Cc1nc2n(c(=O)c1CCN1CCCCC1c1noc3cc(F)ccc13)CCCC2. The minimum absolute atomic E-state index is 0.124. The summed E-state index contributed by atoms with van der Waals surface area (Å²) in [6.07, 6.45) is 6.96. The monoisotopic (exact) mass is 410 g/mol. The first-order chi connectivity index (χ1) is 14.6. The van der Waals surface area contributed by atoms with Crippen LogP contribution in [0.3, 0.4) is 0 Å². The lowest BCUT2D eigenvalue weighted by molar-refractivity contribution is 0.144. The highest BCUT2D eigenvalue weighted by molar-refractivity contribution is 5.79. The van der Waals surface area contributed by atoms with Crippen LogP contribution in [0.5, 0.6) is 0 Å². The molecule has 0 spiro atoms. The normalized spacial score (nSPS) is 19.9. The van der Waals surface area contributed by atoms with Crippen molar-refractivity contribution in [3.63, 3.8) is 0 Å². The molecule has 1 atom stereocenters. The second-order valence-corrected chi connectivity index (χ2v) is 8.51. The highest BCUT2D eigenvalue weighted by atomic mass is 19.1. The van der Waals surface area contributed by atoms with E-state index in [0.717, 1.165) is 86.3 Å². The van der Waals surface area contributed by atoms with Crippen LogP contribution in [0.1, 0.15) is 60.9 Å². The first kappa shape index (κ1) is 19.4. The summed E-state index contributed by atoms with van der Waals surface area (Å²) in [6.45, 7) is 4.47. The van der Waals surface area contributed by atoms with Gasteiger partial charge in [-0.3, -0.25) is 14.3 Å². The number of benzene rings is 1. The summed E-state index contributed by atoms with van der Waals surface area (Å²) in [6, 6.07) is 4.73. The average Bonchev–Trinajstić information content (AvgIpc) is 3.16. The van der Waals surface area contributed by atoms with Crippen molar-refractivity contribution in [2.75, 3.05) is 13.1 Å². The van der Waals surface area contributed by atoms with Gasteiger partial charge in [0.25, 0.3) is 5.56 Å². The lowest BCUT2D eigenvalue weighted by Gasteiger charge is -2.34. The molecule has 30 heavy (non-hydrogen) atoms.